The van der Waals surface area contributed by atoms with Crippen molar-refractivity contribution in [1.29, 1.82) is 0 Å². The van der Waals surface area contributed by atoms with Crippen LogP contribution in [0.2, 0.25) is 0 Å². The highest BCUT2D eigenvalue weighted by molar-refractivity contribution is 7.18. The molecule has 0 atom stereocenters. The molecule has 3 nitrogen and oxygen atoms in total. The maximum Gasteiger partial charge on any atom is 0.310 e. The van der Waals surface area contributed by atoms with E-state index < -0.39 is 11.4 Å². The summed E-state index contributed by atoms with van der Waals surface area (Å²) >= 11 is 1.64. The van der Waals surface area contributed by atoms with E-state index in [0.29, 0.717) is 6.42 Å². The molecule has 106 valence electrons. The number of fused-ring (bicyclic) bond motifs is 1. The third kappa shape index (κ3) is 2.57. The lowest BCUT2D eigenvalue weighted by Crippen LogP contribution is -2.32. The van der Waals surface area contributed by atoms with Gasteiger partial charge in [-0.05, 0) is 25.0 Å². The first-order valence-electron chi connectivity index (χ1n) is 7.27. The van der Waals surface area contributed by atoms with E-state index in [2.05, 4.69) is 11.1 Å². The molecular formula is C16H19NO2S. The highest BCUT2D eigenvalue weighted by atomic mass is 32.1. The zero-order valence-corrected chi connectivity index (χ0v) is 12.3. The number of nitrogens with zero attached hydrogens (tertiary/aromatic N) is 1. The van der Waals surface area contributed by atoms with Gasteiger partial charge in [0.15, 0.2) is 0 Å². The first kappa shape index (κ1) is 13.6. The molecule has 1 aromatic heterocycles. The van der Waals surface area contributed by atoms with Gasteiger partial charge in [-0.1, -0.05) is 37.8 Å². The highest BCUT2D eigenvalue weighted by Crippen LogP contribution is 2.39. The Morgan fingerprint density at radius 3 is 2.55 bits per heavy atom. The summed E-state index contributed by atoms with van der Waals surface area (Å²) in [5.74, 6) is -0.640. The van der Waals surface area contributed by atoms with Crippen molar-refractivity contribution in [2.24, 2.45) is 5.41 Å². The molecule has 0 bridgehead atoms. The SMILES string of the molecule is O=C(O)C1(Cc2nc3ccccc3s2)CCCCCC1. The van der Waals surface area contributed by atoms with Gasteiger partial charge in [-0.2, -0.15) is 0 Å². The summed E-state index contributed by atoms with van der Waals surface area (Å²) in [4.78, 5) is 16.4. The van der Waals surface area contributed by atoms with E-state index in [1.807, 2.05) is 18.2 Å². The van der Waals surface area contributed by atoms with Crippen molar-refractivity contribution in [2.45, 2.75) is 44.9 Å². The fourth-order valence-corrected chi connectivity index (χ4v) is 4.27. The fourth-order valence-electron chi connectivity index (χ4n) is 3.16. The third-order valence-corrected chi connectivity index (χ3v) is 5.38. The molecule has 0 aliphatic heterocycles. The number of aliphatic carboxylic acids is 1. The van der Waals surface area contributed by atoms with Gasteiger partial charge in [-0.25, -0.2) is 4.98 Å². The van der Waals surface area contributed by atoms with Crippen LogP contribution in [-0.2, 0) is 11.2 Å². The second-order valence-electron chi connectivity index (χ2n) is 5.75. The third-order valence-electron chi connectivity index (χ3n) is 4.34. The molecule has 3 rings (SSSR count). The lowest BCUT2D eigenvalue weighted by molar-refractivity contribution is -0.149. The molecule has 1 aliphatic rings. The number of aromatic nitrogens is 1. The Kier molecular flexibility index (Phi) is 3.74. The number of carboxylic acid groups (broad SMARTS) is 1. The van der Waals surface area contributed by atoms with Crippen LogP contribution in [-0.4, -0.2) is 16.1 Å². The van der Waals surface area contributed by atoms with Crippen LogP contribution < -0.4 is 0 Å². The van der Waals surface area contributed by atoms with Crippen molar-refractivity contribution in [1.82, 2.24) is 4.98 Å². The van der Waals surface area contributed by atoms with Gasteiger partial charge in [-0.3, -0.25) is 4.79 Å². The lowest BCUT2D eigenvalue weighted by atomic mass is 9.78. The van der Waals surface area contributed by atoms with Gasteiger partial charge >= 0.3 is 5.97 Å². The molecular weight excluding hydrogens is 270 g/mol. The number of carbonyl (C=O) groups is 1. The molecule has 4 heteroatoms. The molecule has 0 saturated heterocycles. The Balaban J connectivity index is 1.90. The Hall–Kier alpha value is -1.42. The van der Waals surface area contributed by atoms with Crippen LogP contribution in [0.4, 0.5) is 0 Å². The number of rotatable bonds is 3. The van der Waals surface area contributed by atoms with E-state index in [9.17, 15) is 9.90 Å². The van der Waals surface area contributed by atoms with E-state index in [0.717, 1.165) is 53.7 Å². The summed E-state index contributed by atoms with van der Waals surface area (Å²) in [6.07, 6.45) is 6.54. The zero-order chi connectivity index (χ0) is 14.0. The number of hydrogen-bond acceptors (Lipinski definition) is 3. The molecule has 0 amide bonds. The van der Waals surface area contributed by atoms with E-state index in [-0.39, 0.29) is 0 Å². The minimum atomic E-state index is -0.640. The van der Waals surface area contributed by atoms with Crippen molar-refractivity contribution in [3.63, 3.8) is 0 Å². The minimum Gasteiger partial charge on any atom is -0.481 e. The second kappa shape index (κ2) is 5.52. The Morgan fingerprint density at radius 1 is 1.20 bits per heavy atom. The quantitative estimate of drug-likeness (QED) is 0.859. The Labute approximate surface area is 122 Å². The van der Waals surface area contributed by atoms with Gasteiger partial charge in [0.2, 0.25) is 0 Å². The average molecular weight is 289 g/mol. The summed E-state index contributed by atoms with van der Waals surface area (Å²) in [5, 5.41) is 10.7. The molecule has 0 unspecified atom stereocenters. The molecule has 2 aromatic rings. The van der Waals surface area contributed by atoms with Crippen molar-refractivity contribution < 1.29 is 9.90 Å². The van der Waals surface area contributed by atoms with E-state index >= 15 is 0 Å². The van der Waals surface area contributed by atoms with Gasteiger partial charge in [0, 0.05) is 6.42 Å². The topological polar surface area (TPSA) is 50.2 Å². The van der Waals surface area contributed by atoms with Crippen LogP contribution in [0.1, 0.15) is 43.5 Å². The first-order valence-corrected chi connectivity index (χ1v) is 8.09. The molecule has 1 N–H and O–H groups in total. The average Bonchev–Trinajstić information content (AvgIpc) is 2.67. The standard InChI is InChI=1S/C16H19NO2S/c18-15(19)16(9-5-1-2-6-10-16)11-14-17-12-7-3-4-8-13(12)20-14/h3-4,7-8H,1-2,5-6,9-11H2,(H,18,19). The molecule has 20 heavy (non-hydrogen) atoms. The van der Waals surface area contributed by atoms with Crippen molar-refractivity contribution in [2.75, 3.05) is 0 Å². The number of hydrogen-bond donors (Lipinski definition) is 1. The Bertz CT molecular complexity index is 579. The largest absolute Gasteiger partial charge is 0.481 e. The summed E-state index contributed by atoms with van der Waals surface area (Å²) in [6, 6.07) is 8.03. The van der Waals surface area contributed by atoms with Crippen LogP contribution in [0.5, 0.6) is 0 Å². The maximum atomic E-state index is 11.8. The summed E-state index contributed by atoms with van der Waals surface area (Å²) < 4.78 is 1.15. The smallest absolute Gasteiger partial charge is 0.310 e. The molecule has 0 radical (unpaired) electrons. The molecule has 0 spiro atoms. The summed E-state index contributed by atoms with van der Waals surface area (Å²) in [6.45, 7) is 0. The van der Waals surface area contributed by atoms with Crippen LogP contribution >= 0.6 is 11.3 Å². The van der Waals surface area contributed by atoms with Gasteiger partial charge in [0.1, 0.15) is 0 Å². The van der Waals surface area contributed by atoms with Crippen molar-refractivity contribution >= 4 is 27.5 Å². The van der Waals surface area contributed by atoms with Crippen molar-refractivity contribution in [3.8, 4) is 0 Å². The second-order valence-corrected chi connectivity index (χ2v) is 6.87. The highest BCUT2D eigenvalue weighted by Gasteiger charge is 2.39. The predicted octanol–water partition coefficient (Wildman–Crippen LogP) is 4.26. The van der Waals surface area contributed by atoms with Gasteiger partial charge in [-0.15, -0.1) is 11.3 Å². The predicted molar refractivity (Wildman–Crippen MR) is 81.1 cm³/mol. The van der Waals surface area contributed by atoms with E-state index in [4.69, 9.17) is 0 Å². The summed E-state index contributed by atoms with van der Waals surface area (Å²) in [7, 11) is 0. The van der Waals surface area contributed by atoms with Crippen LogP contribution in [0.25, 0.3) is 10.2 Å². The molecule has 1 saturated carbocycles. The maximum absolute atomic E-state index is 11.8. The number of carboxylic acids is 1. The zero-order valence-electron chi connectivity index (χ0n) is 11.5. The Morgan fingerprint density at radius 2 is 1.90 bits per heavy atom. The van der Waals surface area contributed by atoms with Crippen LogP contribution in [0.15, 0.2) is 24.3 Å². The lowest BCUT2D eigenvalue weighted by Gasteiger charge is -2.26. The molecule has 1 aliphatic carbocycles. The van der Waals surface area contributed by atoms with Gasteiger partial charge < -0.3 is 5.11 Å². The monoisotopic (exact) mass is 289 g/mol. The van der Waals surface area contributed by atoms with E-state index in [1.165, 1.54) is 0 Å². The first-order chi connectivity index (χ1) is 9.70. The number of thiazole rings is 1. The normalized spacial score (nSPS) is 18.8. The van der Waals surface area contributed by atoms with E-state index in [1.54, 1.807) is 11.3 Å². The number of benzene rings is 1. The molecule has 1 fully saturated rings. The minimum absolute atomic E-state index is 0.585. The molecule has 1 heterocycles. The van der Waals surface area contributed by atoms with Crippen LogP contribution in [0, 0.1) is 5.41 Å². The number of para-hydroxylation sites is 1. The molecule has 1 aromatic carbocycles. The fraction of sp³-hybridized carbons (Fsp3) is 0.500. The van der Waals surface area contributed by atoms with Gasteiger partial charge in [0.25, 0.3) is 0 Å². The van der Waals surface area contributed by atoms with Gasteiger partial charge in [0.05, 0.1) is 20.6 Å². The summed E-state index contributed by atoms with van der Waals surface area (Å²) in [5.41, 5.74) is 0.395. The van der Waals surface area contributed by atoms with Crippen molar-refractivity contribution in [3.05, 3.63) is 29.3 Å². The van der Waals surface area contributed by atoms with Crippen LogP contribution in [0.3, 0.4) is 0 Å².